The summed E-state index contributed by atoms with van der Waals surface area (Å²) in [7, 11) is 0. The van der Waals surface area contributed by atoms with Gasteiger partial charge in [0.05, 0.1) is 82.9 Å². The van der Waals surface area contributed by atoms with Crippen LogP contribution < -0.4 is 4.90 Å². The van der Waals surface area contributed by atoms with Crippen LogP contribution >= 0.6 is 0 Å². The molecule has 18 aromatic carbocycles. The van der Waals surface area contributed by atoms with Crippen LogP contribution in [-0.4, -0.2) is 38.5 Å². The summed E-state index contributed by atoms with van der Waals surface area (Å²) in [6.45, 7) is 5.46. The summed E-state index contributed by atoms with van der Waals surface area (Å²) in [5.41, 5.74) is 31.6. The number of fused-ring (bicyclic) bond motifs is 26. The summed E-state index contributed by atoms with van der Waals surface area (Å²) in [6, 6.07) is 149. The van der Waals surface area contributed by atoms with Crippen molar-refractivity contribution >= 4 is 170 Å². The van der Waals surface area contributed by atoms with E-state index >= 15 is 0 Å². The van der Waals surface area contributed by atoms with Crippen LogP contribution in [-0.2, 0) is 0 Å². The van der Waals surface area contributed by atoms with Gasteiger partial charge in [-0.2, -0.15) is 0 Å². The molecule has 0 atom stereocenters. The Morgan fingerprint density at radius 2 is 0.447 bits per heavy atom. The normalized spacial score (nSPS) is 13.3. The zero-order valence-electron chi connectivity index (χ0n) is 66.9. The smallest absolute Gasteiger partial charge is 0.0788 e. The van der Waals surface area contributed by atoms with E-state index in [0.717, 1.165) is 167 Å². The molecule has 8 heterocycles. The van der Waals surface area contributed by atoms with Gasteiger partial charge < -0.3 is 36.9 Å². The molecule has 8 nitrogen and oxygen atoms in total. The van der Waals surface area contributed by atoms with Crippen molar-refractivity contribution in [2.45, 2.75) is 0 Å². The topological polar surface area (TPSA) is 37.8 Å². The fourth-order valence-electron chi connectivity index (χ4n) is 21.0. The van der Waals surface area contributed by atoms with Crippen molar-refractivity contribution in [1.82, 2.24) is 32.0 Å². The third-order valence-electron chi connectivity index (χ3n) is 26.1. The highest BCUT2D eigenvalue weighted by Gasteiger charge is 2.30. The minimum Gasteiger partial charge on any atom is -0.335 e. The third kappa shape index (κ3) is 10.1. The van der Waals surface area contributed by atoms with Gasteiger partial charge >= 0.3 is 0 Å². The van der Waals surface area contributed by atoms with Gasteiger partial charge in [-0.05, 0) is 161 Å². The van der Waals surface area contributed by atoms with Gasteiger partial charge in [0.2, 0.25) is 0 Å². The highest BCUT2D eigenvalue weighted by atomic mass is 15.2. The first kappa shape index (κ1) is 68.6. The first-order valence-corrected chi connectivity index (χ1v) is 42.4. The zero-order valence-corrected chi connectivity index (χ0v) is 66.9. The molecule has 26 rings (SSSR count). The number of para-hydroxylation sites is 11. The van der Waals surface area contributed by atoms with Crippen LogP contribution in [0.2, 0.25) is 0 Å². The van der Waals surface area contributed by atoms with E-state index in [9.17, 15) is 0 Å². The zero-order chi connectivity index (χ0) is 80.6. The Hall–Kier alpha value is -16.4. The van der Waals surface area contributed by atoms with Gasteiger partial charge in [0.25, 0.3) is 0 Å². The summed E-state index contributed by atoms with van der Waals surface area (Å²) in [6.07, 6.45) is 8.81. The third-order valence-corrected chi connectivity index (χ3v) is 26.1. The van der Waals surface area contributed by atoms with Crippen molar-refractivity contribution in [3.63, 3.8) is 0 Å². The van der Waals surface area contributed by atoms with Gasteiger partial charge in [0.1, 0.15) is 0 Å². The van der Waals surface area contributed by atoms with Crippen LogP contribution in [0.3, 0.4) is 0 Å². The standard InChI is InChI=1S/C115H74N8/c1-73-32-7-6-30-65-116(108-86(73)57-58-94-87-43-16-23-50-101(87)117(109(94)108)78-35-8-2-9-36-78)82-67-76(68-83(71-82)121-105-54-27-20-47-91(105)98-62-59-95-88-44-17-24-51-102(88)118(110(95)113(98)121)79-37-10-3-11-38-79)74-33-31-34-75(66-74)77-69-84(122-106-55-28-21-48-92(106)99-63-60-96-89-45-18-25-52-103(89)119(111(96)114(99)122)80-39-12-4-13-40-80)72-85(70-77)123-107-56-29-22-49-93(107)100-64-61-97-90-46-19-26-53-104(90)120(112(97)115(100)123)81-41-14-5-15-42-81/h2-64,66-72H,1,65H2/b30-6-,32-7-. The van der Waals surface area contributed by atoms with Crippen molar-refractivity contribution in [3.05, 3.63) is 437 Å². The molecule has 0 fully saturated rings. The van der Waals surface area contributed by atoms with Crippen molar-refractivity contribution in [2.75, 3.05) is 11.4 Å². The summed E-state index contributed by atoms with van der Waals surface area (Å²) >= 11 is 0. The molecule has 25 aromatic rings. The Bertz CT molecular complexity index is 8610. The fraction of sp³-hybridized carbons (Fsp3) is 0.00870. The van der Waals surface area contributed by atoms with Gasteiger partial charge in [-0.15, -0.1) is 0 Å². The average Bonchev–Trinajstić information content (AvgIpc) is 1.55. The second-order valence-electron chi connectivity index (χ2n) is 32.7. The van der Waals surface area contributed by atoms with E-state index in [1.807, 2.05) is 0 Å². The predicted octanol–water partition coefficient (Wildman–Crippen LogP) is 30.0. The lowest BCUT2D eigenvalue weighted by atomic mass is 9.96. The molecule has 1 aliphatic rings. The van der Waals surface area contributed by atoms with E-state index in [-0.39, 0.29) is 0 Å². The van der Waals surface area contributed by atoms with Crippen LogP contribution in [0.25, 0.3) is 220 Å². The number of nitrogens with zero attached hydrogens (tertiary/aromatic N) is 8. The minimum atomic E-state index is 0.542. The van der Waals surface area contributed by atoms with Crippen LogP contribution in [0.4, 0.5) is 11.4 Å². The number of hydrogen-bond acceptors (Lipinski definition) is 1. The molecule has 1 aliphatic heterocycles. The van der Waals surface area contributed by atoms with Gasteiger partial charge in [0.15, 0.2) is 0 Å². The van der Waals surface area contributed by atoms with Crippen LogP contribution in [0.5, 0.6) is 0 Å². The van der Waals surface area contributed by atoms with Gasteiger partial charge in [-0.1, -0.05) is 298 Å². The monoisotopic (exact) mass is 1570 g/mol. The summed E-state index contributed by atoms with van der Waals surface area (Å²) in [5, 5.41) is 16.6. The second kappa shape index (κ2) is 26.8. The fourth-order valence-corrected chi connectivity index (χ4v) is 21.0. The number of benzene rings is 18. The van der Waals surface area contributed by atoms with Crippen molar-refractivity contribution in [3.8, 4) is 62.1 Å². The molecule has 0 radical (unpaired) electrons. The maximum absolute atomic E-state index is 4.91. The van der Waals surface area contributed by atoms with Gasteiger partial charge in [0, 0.05) is 133 Å². The van der Waals surface area contributed by atoms with Crippen LogP contribution in [0.1, 0.15) is 5.56 Å². The molecule has 7 aromatic heterocycles. The molecule has 123 heavy (non-hydrogen) atoms. The Labute approximate surface area is 707 Å². The largest absolute Gasteiger partial charge is 0.335 e. The highest BCUT2D eigenvalue weighted by molar-refractivity contribution is 6.28. The van der Waals surface area contributed by atoms with Crippen LogP contribution in [0, 0.1) is 0 Å². The Kier molecular flexibility index (Phi) is 15.0. The van der Waals surface area contributed by atoms with Gasteiger partial charge in [-0.3, -0.25) is 0 Å². The Morgan fingerprint density at radius 1 is 0.187 bits per heavy atom. The number of anilines is 2. The van der Waals surface area contributed by atoms with Crippen molar-refractivity contribution in [2.24, 2.45) is 0 Å². The second-order valence-corrected chi connectivity index (χ2v) is 32.7. The van der Waals surface area contributed by atoms with E-state index in [1.165, 1.54) is 70.0 Å². The molecule has 8 heteroatoms. The maximum Gasteiger partial charge on any atom is 0.0788 e. The molecule has 0 spiro atoms. The average molecular weight is 1570 g/mol. The lowest BCUT2D eigenvalue weighted by Gasteiger charge is -2.29. The molecule has 0 amide bonds. The molecule has 574 valence electrons. The van der Waals surface area contributed by atoms with E-state index in [0.29, 0.717) is 6.54 Å². The number of allylic oxidation sites excluding steroid dienone is 4. The van der Waals surface area contributed by atoms with Crippen molar-refractivity contribution in [1.29, 1.82) is 0 Å². The maximum atomic E-state index is 4.91. The molecular weight excluding hydrogens is 1490 g/mol. The number of aromatic nitrogens is 7. The molecule has 0 N–H and O–H groups in total. The van der Waals surface area contributed by atoms with E-state index < -0.39 is 0 Å². The van der Waals surface area contributed by atoms with E-state index in [4.69, 9.17) is 6.58 Å². The molecule has 0 saturated heterocycles. The SMILES string of the molecule is C=C1/C=C\C=C/CN(c2cc(-c3cccc(-c4cc(-n5c6ccccc6c6ccc7c8ccccc8n(-c8ccccc8)c7c65)cc(-n5c6ccccc6c6ccc7c8ccccc8n(-c8ccccc8)c7c65)c4)c3)cc(-n3c4ccccc4c4ccc5c6ccccc6n(-c6ccccc6)c5c43)c2)c2c1ccc1c3ccccc3n(-c3ccccc3)c21. The van der Waals surface area contributed by atoms with Crippen molar-refractivity contribution < 1.29 is 0 Å². The number of rotatable bonds is 10. The van der Waals surface area contributed by atoms with E-state index in [1.54, 1.807) is 0 Å². The highest BCUT2D eigenvalue weighted by Crippen LogP contribution is 2.51. The molecular formula is C115H74N8. The Balaban J connectivity index is 0.784. The molecule has 0 aliphatic carbocycles. The molecule has 0 unspecified atom stereocenters. The predicted molar refractivity (Wildman–Crippen MR) is 518 cm³/mol. The Morgan fingerprint density at radius 3 is 0.772 bits per heavy atom. The summed E-state index contributed by atoms with van der Waals surface area (Å²) < 4.78 is 17.7. The molecule has 0 saturated carbocycles. The summed E-state index contributed by atoms with van der Waals surface area (Å²) in [5.74, 6) is 0. The van der Waals surface area contributed by atoms with Crippen LogP contribution in [0.15, 0.2) is 431 Å². The van der Waals surface area contributed by atoms with Gasteiger partial charge in [-0.25, -0.2) is 0 Å². The first-order chi connectivity index (χ1) is 61.0. The number of hydrogen-bond donors (Lipinski definition) is 0. The summed E-state index contributed by atoms with van der Waals surface area (Å²) in [4.78, 5) is 2.57. The molecule has 0 bridgehead atoms. The lowest BCUT2D eigenvalue weighted by molar-refractivity contribution is 1.07. The minimum absolute atomic E-state index is 0.542. The van der Waals surface area contributed by atoms with E-state index in [2.05, 4.69) is 462 Å². The quantitative estimate of drug-likeness (QED) is 0.134. The lowest BCUT2D eigenvalue weighted by Crippen LogP contribution is -2.20. The first-order valence-electron chi connectivity index (χ1n) is 42.4.